The Kier molecular flexibility index (Phi) is 11.1. The highest BCUT2D eigenvalue weighted by Crippen LogP contribution is 2.50. The summed E-state index contributed by atoms with van der Waals surface area (Å²) in [6.45, 7) is 1.43. The van der Waals surface area contributed by atoms with Gasteiger partial charge in [-0.15, -0.1) is 0 Å². The molecule has 10 nitrogen and oxygen atoms in total. The highest BCUT2D eigenvalue weighted by atomic mass is 32.3. The summed E-state index contributed by atoms with van der Waals surface area (Å²) < 4.78 is 121. The van der Waals surface area contributed by atoms with Gasteiger partial charge >= 0.3 is 17.0 Å². The lowest BCUT2D eigenvalue weighted by molar-refractivity contribution is -0.870. The third-order valence-corrected chi connectivity index (χ3v) is 9.80. The molecule has 1 N–H and O–H groups in total. The van der Waals surface area contributed by atoms with Crippen molar-refractivity contribution in [2.75, 3.05) is 46.7 Å². The Hall–Kier alpha value is -3.35. The molecule has 3 unspecified atom stereocenters. The number of nitrogens with zero attached hydrogens (tertiary/aromatic N) is 2. The maximum absolute atomic E-state index is 12.6. The topological polar surface area (TPSA) is 130 Å². The van der Waals surface area contributed by atoms with E-state index < -0.39 is 31.1 Å². The molecule has 0 bridgehead atoms. The molecule has 1 aliphatic heterocycles. The Balaban J connectivity index is 0.000000326. The summed E-state index contributed by atoms with van der Waals surface area (Å²) in [6.07, 6.45) is 6.43. The predicted molar refractivity (Wildman–Crippen MR) is 157 cm³/mol. The van der Waals surface area contributed by atoms with Crippen molar-refractivity contribution in [1.82, 2.24) is 0 Å². The molecule has 18 heteroatoms. The van der Waals surface area contributed by atoms with E-state index in [9.17, 15) is 48.0 Å². The first-order chi connectivity index (χ1) is 21.1. The minimum absolute atomic E-state index is 0.228. The van der Waals surface area contributed by atoms with Crippen LogP contribution in [0, 0.1) is 5.92 Å². The molecule has 3 atom stereocenters. The number of anilines is 1. The molecule has 1 aliphatic carbocycles. The third kappa shape index (κ3) is 9.13. The van der Waals surface area contributed by atoms with Crippen LogP contribution in [0.1, 0.15) is 46.3 Å². The molecule has 0 radical (unpaired) electrons. The number of allylic oxidation sites excluding steroid dienone is 2. The lowest BCUT2D eigenvalue weighted by atomic mass is 9.76. The summed E-state index contributed by atoms with van der Waals surface area (Å²) in [5, 5.41) is 3.72. The van der Waals surface area contributed by atoms with Crippen molar-refractivity contribution in [2.45, 2.75) is 35.8 Å². The SMILES string of the molecule is COc1ccc(C2Nc3ccc(C(=O)OCCC[N+](C)(C)C)cc3C3C=CCC32)cc1.O=S(=O)([N-]S(=O)(=O)C(F)(F)F)C(F)(F)F. The number of benzene rings is 2. The van der Waals surface area contributed by atoms with Crippen molar-refractivity contribution in [2.24, 2.45) is 5.92 Å². The molecule has 2 aromatic carbocycles. The molecule has 2 aromatic rings. The summed E-state index contributed by atoms with van der Waals surface area (Å²) in [5.74, 6) is 1.36. The fraction of sp³-hybridized carbons (Fsp3) is 0.464. The van der Waals surface area contributed by atoms with Gasteiger partial charge in [-0.05, 0) is 53.8 Å². The number of esters is 1. The zero-order valence-electron chi connectivity index (χ0n) is 25.1. The monoisotopic (exact) mass is 701 g/mol. The van der Waals surface area contributed by atoms with Gasteiger partial charge in [-0.3, -0.25) is 0 Å². The number of sulfonamides is 2. The van der Waals surface area contributed by atoms with Gasteiger partial charge in [0.1, 0.15) is 5.75 Å². The van der Waals surface area contributed by atoms with Gasteiger partial charge in [0.2, 0.25) is 0 Å². The van der Waals surface area contributed by atoms with Crippen LogP contribution in [0.25, 0.3) is 4.13 Å². The molecular weight excluding hydrogens is 668 g/mol. The summed E-state index contributed by atoms with van der Waals surface area (Å²) in [5.41, 5.74) is -8.24. The number of methoxy groups -OCH3 is 1. The summed E-state index contributed by atoms with van der Waals surface area (Å²) in [4.78, 5) is 12.6. The smallest absolute Gasteiger partial charge is 0.480 e. The van der Waals surface area contributed by atoms with Crippen molar-refractivity contribution in [3.63, 3.8) is 0 Å². The molecule has 0 saturated carbocycles. The van der Waals surface area contributed by atoms with E-state index in [1.54, 1.807) is 7.11 Å². The standard InChI is InChI=1S/C26H32N2O3.C2F6NO4S2/c1-28(2,3)15-6-16-31-26(29)19-11-14-24-23(17-19)21-7-5-8-22(21)25(27-24)18-9-12-20(30-4)13-10-18;3-1(4,5)14(10,11)9-15(12,13)2(6,7)8/h5,7,9-14,17,21-22,25H,6,8,15-16H2,1-4H3;/q;-1/p+1. The van der Waals surface area contributed by atoms with Crippen molar-refractivity contribution < 1.29 is 61.9 Å². The van der Waals surface area contributed by atoms with Gasteiger partial charge in [-0.2, -0.15) is 26.3 Å². The van der Waals surface area contributed by atoms with Crippen molar-refractivity contribution in [3.8, 4) is 5.75 Å². The largest absolute Gasteiger partial charge is 0.497 e. The number of ether oxygens (including phenoxy) is 2. The second kappa shape index (κ2) is 13.8. The van der Waals surface area contributed by atoms with Crippen LogP contribution in [-0.4, -0.2) is 79.7 Å². The molecule has 256 valence electrons. The van der Waals surface area contributed by atoms with E-state index in [2.05, 4.69) is 50.7 Å². The molecule has 1 heterocycles. The summed E-state index contributed by atoms with van der Waals surface area (Å²) in [7, 11) is -5.33. The van der Waals surface area contributed by atoms with Crippen molar-refractivity contribution in [1.29, 1.82) is 0 Å². The van der Waals surface area contributed by atoms with Crippen LogP contribution in [0.4, 0.5) is 32.0 Å². The maximum Gasteiger partial charge on any atom is 0.480 e. The van der Waals surface area contributed by atoms with Crippen LogP contribution < -0.4 is 10.1 Å². The maximum atomic E-state index is 12.6. The van der Waals surface area contributed by atoms with Gasteiger partial charge in [0.25, 0.3) is 0 Å². The molecule has 0 fully saturated rings. The number of hydrogen-bond acceptors (Lipinski definition) is 8. The van der Waals surface area contributed by atoms with E-state index >= 15 is 0 Å². The number of halogens is 6. The number of alkyl halides is 6. The molecule has 0 amide bonds. The van der Waals surface area contributed by atoms with E-state index in [-0.39, 0.29) is 12.0 Å². The minimum atomic E-state index is -6.72. The molecule has 46 heavy (non-hydrogen) atoms. The molecular formula is C28H33F6N3O7S2. The lowest BCUT2D eigenvalue weighted by Gasteiger charge is -2.37. The minimum Gasteiger partial charge on any atom is -0.497 e. The first kappa shape index (κ1) is 37.1. The Morgan fingerprint density at radius 3 is 2.07 bits per heavy atom. The van der Waals surface area contributed by atoms with Crippen molar-refractivity contribution >= 4 is 31.7 Å². The lowest BCUT2D eigenvalue weighted by Crippen LogP contribution is -2.35. The molecule has 4 rings (SSSR count). The first-order valence-corrected chi connectivity index (χ1v) is 16.5. The van der Waals surface area contributed by atoms with E-state index in [0.29, 0.717) is 24.0 Å². The van der Waals surface area contributed by atoms with Gasteiger partial charge in [0, 0.05) is 18.0 Å². The number of fused-ring (bicyclic) bond motifs is 3. The Labute approximate surface area is 263 Å². The molecule has 0 spiro atoms. The van der Waals surface area contributed by atoms with Crippen LogP contribution in [0.2, 0.25) is 0 Å². The van der Waals surface area contributed by atoms with E-state index in [1.807, 2.05) is 30.3 Å². The van der Waals surface area contributed by atoms with Crippen LogP contribution in [0.15, 0.2) is 54.6 Å². The van der Waals surface area contributed by atoms with E-state index in [4.69, 9.17) is 9.47 Å². The van der Waals surface area contributed by atoms with Crippen LogP contribution >= 0.6 is 0 Å². The van der Waals surface area contributed by atoms with Gasteiger partial charge in [0.15, 0.2) is 20.0 Å². The number of rotatable bonds is 9. The van der Waals surface area contributed by atoms with Crippen LogP contribution in [0.5, 0.6) is 5.75 Å². The normalized spacial score (nSPS) is 19.7. The van der Waals surface area contributed by atoms with E-state index in [1.165, 1.54) is 11.1 Å². The summed E-state index contributed by atoms with van der Waals surface area (Å²) >= 11 is 0. The van der Waals surface area contributed by atoms with Crippen molar-refractivity contribution in [3.05, 3.63) is 75.4 Å². The average molecular weight is 702 g/mol. The third-order valence-electron chi connectivity index (χ3n) is 7.06. The number of carbonyl (C=O) groups is 1. The predicted octanol–water partition coefficient (Wildman–Crippen LogP) is 5.83. The highest BCUT2D eigenvalue weighted by molar-refractivity contribution is 8.13. The zero-order chi connectivity index (χ0) is 34.7. The second-order valence-electron chi connectivity index (χ2n) is 11.5. The Morgan fingerprint density at radius 1 is 0.957 bits per heavy atom. The van der Waals surface area contributed by atoms with E-state index in [0.717, 1.165) is 39.4 Å². The molecule has 0 aromatic heterocycles. The first-order valence-electron chi connectivity index (χ1n) is 13.6. The van der Waals surface area contributed by atoms with Crippen LogP contribution in [-0.2, 0) is 24.8 Å². The van der Waals surface area contributed by atoms with Crippen LogP contribution in [0.3, 0.4) is 0 Å². The Bertz CT molecular complexity index is 1600. The zero-order valence-corrected chi connectivity index (χ0v) is 26.7. The Morgan fingerprint density at radius 2 is 1.54 bits per heavy atom. The second-order valence-corrected chi connectivity index (χ2v) is 14.9. The molecule has 2 aliphatic rings. The number of hydrogen-bond donors (Lipinski definition) is 1. The number of nitrogens with one attached hydrogen (secondary N) is 1. The van der Waals surface area contributed by atoms with Gasteiger partial charge in [-0.1, -0.05) is 24.3 Å². The highest BCUT2D eigenvalue weighted by Gasteiger charge is 2.47. The molecule has 0 saturated heterocycles. The van der Waals surface area contributed by atoms with Gasteiger partial charge in [0.05, 0.1) is 53.0 Å². The van der Waals surface area contributed by atoms with Gasteiger partial charge < -0.3 is 23.4 Å². The quantitative estimate of drug-likeness (QED) is 0.114. The fourth-order valence-electron chi connectivity index (χ4n) is 4.86. The summed E-state index contributed by atoms with van der Waals surface area (Å²) in [6, 6.07) is 14.4. The average Bonchev–Trinajstić information content (AvgIpc) is 3.43. The number of carbonyl (C=O) groups excluding carboxylic acids is 1. The number of quaternary nitrogens is 1. The fourth-order valence-corrected chi connectivity index (χ4v) is 6.57. The van der Waals surface area contributed by atoms with Gasteiger partial charge in [-0.25, -0.2) is 21.6 Å².